The molecule has 1 aliphatic heterocycles. The Balaban J connectivity index is 1.56. The number of nitrogens with one attached hydrogen (secondary N) is 1. The molecule has 0 saturated carbocycles. The first kappa shape index (κ1) is 22.4. The first-order valence-electron chi connectivity index (χ1n) is 10.9. The summed E-state index contributed by atoms with van der Waals surface area (Å²) in [7, 11) is 4.65. The molecule has 2 aliphatic rings. The Bertz CT molecular complexity index is 1320. The van der Waals surface area contributed by atoms with Gasteiger partial charge in [0, 0.05) is 29.8 Å². The van der Waals surface area contributed by atoms with Crippen molar-refractivity contribution in [2.75, 3.05) is 26.6 Å². The number of aromatic nitrogens is 3. The number of hydrogen-bond donors (Lipinski definition) is 1. The molecule has 11 heteroatoms. The topological polar surface area (TPSA) is 131 Å². The van der Waals surface area contributed by atoms with Crippen molar-refractivity contribution in [1.29, 1.82) is 0 Å². The minimum atomic E-state index is -0.530. The third kappa shape index (κ3) is 3.74. The van der Waals surface area contributed by atoms with Gasteiger partial charge in [0.1, 0.15) is 12.4 Å². The van der Waals surface area contributed by atoms with Crippen molar-refractivity contribution in [2.45, 2.75) is 24.8 Å². The number of nitro groups is 1. The van der Waals surface area contributed by atoms with Gasteiger partial charge in [-0.2, -0.15) is 10.1 Å². The van der Waals surface area contributed by atoms with Gasteiger partial charge in [0.05, 0.1) is 26.3 Å². The Hall–Kier alpha value is -4.41. The monoisotopic (exact) mass is 477 g/mol. The van der Waals surface area contributed by atoms with Gasteiger partial charge >= 0.3 is 0 Å². The Kier molecular flexibility index (Phi) is 5.59. The molecule has 3 aromatic rings. The number of allylic oxidation sites excluding steroid dienone is 2. The lowest BCUT2D eigenvalue weighted by atomic mass is 9.77. The van der Waals surface area contributed by atoms with Crippen LogP contribution in [0.5, 0.6) is 17.2 Å². The molecular weight excluding hydrogens is 454 g/mol. The average Bonchev–Trinajstić information content (AvgIpc) is 3.34. The van der Waals surface area contributed by atoms with Gasteiger partial charge in [-0.3, -0.25) is 14.9 Å². The van der Waals surface area contributed by atoms with Crippen LogP contribution in [0.1, 0.15) is 35.9 Å². The molecule has 180 valence electrons. The van der Waals surface area contributed by atoms with E-state index in [0.717, 1.165) is 16.8 Å². The number of non-ortho nitro benzene ring substituents is 1. The Morgan fingerprint density at radius 1 is 1.03 bits per heavy atom. The molecule has 35 heavy (non-hydrogen) atoms. The summed E-state index contributed by atoms with van der Waals surface area (Å²) in [4.78, 5) is 28.5. The maximum absolute atomic E-state index is 13.6. The number of ketones is 1. The van der Waals surface area contributed by atoms with Crippen LogP contribution < -0.4 is 19.5 Å². The van der Waals surface area contributed by atoms with Gasteiger partial charge in [-0.1, -0.05) is 0 Å². The van der Waals surface area contributed by atoms with Gasteiger partial charge in [0.2, 0.25) is 11.7 Å². The minimum absolute atomic E-state index is 0.0202. The van der Waals surface area contributed by atoms with Gasteiger partial charge in [0.25, 0.3) is 5.69 Å². The maximum atomic E-state index is 13.6. The van der Waals surface area contributed by atoms with E-state index in [2.05, 4.69) is 15.4 Å². The summed E-state index contributed by atoms with van der Waals surface area (Å²) in [5.74, 6) is 1.87. The highest BCUT2D eigenvalue weighted by Crippen LogP contribution is 2.47. The molecule has 0 bridgehead atoms. The molecule has 11 nitrogen and oxygen atoms in total. The van der Waals surface area contributed by atoms with Crippen molar-refractivity contribution in [3.8, 4) is 17.2 Å². The Morgan fingerprint density at radius 2 is 1.71 bits per heavy atom. The molecule has 0 amide bonds. The summed E-state index contributed by atoms with van der Waals surface area (Å²) < 4.78 is 18.0. The van der Waals surface area contributed by atoms with E-state index < -0.39 is 11.0 Å². The van der Waals surface area contributed by atoms with Crippen LogP contribution in [0, 0.1) is 10.1 Å². The molecule has 5 rings (SSSR count). The van der Waals surface area contributed by atoms with E-state index in [1.165, 1.54) is 18.5 Å². The second-order valence-corrected chi connectivity index (χ2v) is 8.28. The Morgan fingerprint density at radius 3 is 2.31 bits per heavy atom. The zero-order chi connectivity index (χ0) is 24.7. The lowest BCUT2D eigenvalue weighted by Gasteiger charge is -2.35. The lowest BCUT2D eigenvalue weighted by Crippen LogP contribution is -2.33. The molecule has 0 fully saturated rings. The van der Waals surface area contributed by atoms with E-state index in [0.29, 0.717) is 35.2 Å². The van der Waals surface area contributed by atoms with E-state index in [1.807, 2.05) is 12.1 Å². The van der Waals surface area contributed by atoms with Crippen LogP contribution in [0.2, 0.25) is 0 Å². The molecule has 0 saturated heterocycles. The smallest absolute Gasteiger partial charge is 0.269 e. The number of anilines is 1. The summed E-state index contributed by atoms with van der Waals surface area (Å²) in [6.07, 6.45) is 2.24. The fourth-order valence-corrected chi connectivity index (χ4v) is 4.81. The molecule has 2 heterocycles. The standard InChI is InChI=1S/C24H23N5O6/c1-33-19-10-15(11-20(34-2)23(19)35-3)14-8-17-21(18(30)9-14)22(28-24(27-17)25-12-26-28)13-4-6-16(7-5-13)29(31)32/h4-7,10-12,14,22H,8-9H2,1-3H3,(H,25,26,27)/t14-,22+/m1/s1. The highest BCUT2D eigenvalue weighted by molar-refractivity contribution is 6.00. The average molecular weight is 477 g/mol. The lowest BCUT2D eigenvalue weighted by molar-refractivity contribution is -0.384. The summed E-state index contributed by atoms with van der Waals surface area (Å²) in [5.41, 5.74) is 2.92. The molecule has 0 spiro atoms. The molecule has 2 atom stereocenters. The SMILES string of the molecule is COc1cc([C@H]2CC(=O)C3=C(C2)Nc2ncnn2[C@H]3c2ccc([N+](=O)[O-])cc2)cc(OC)c1OC. The number of ether oxygens (including phenoxy) is 3. The van der Waals surface area contributed by atoms with Crippen molar-refractivity contribution < 1.29 is 23.9 Å². The summed E-state index contributed by atoms with van der Waals surface area (Å²) in [6.45, 7) is 0. The number of carbonyl (C=O) groups excluding carboxylic acids is 1. The Labute approximate surface area is 200 Å². The summed E-state index contributed by atoms with van der Waals surface area (Å²) >= 11 is 0. The number of benzene rings is 2. The third-order valence-corrected chi connectivity index (χ3v) is 6.44. The van der Waals surface area contributed by atoms with Gasteiger partial charge in [-0.25, -0.2) is 4.68 Å². The number of Topliss-reactive ketones (excluding diaryl/α,β-unsaturated/α-hetero) is 1. The quantitative estimate of drug-likeness (QED) is 0.418. The molecule has 1 aromatic heterocycles. The first-order chi connectivity index (χ1) is 16.9. The number of hydrogen-bond acceptors (Lipinski definition) is 9. The molecule has 2 aromatic carbocycles. The van der Waals surface area contributed by atoms with Crippen LogP contribution in [-0.2, 0) is 4.79 Å². The predicted molar refractivity (Wildman–Crippen MR) is 125 cm³/mol. The number of rotatable bonds is 6. The van der Waals surface area contributed by atoms with Crippen molar-refractivity contribution in [2.24, 2.45) is 0 Å². The predicted octanol–water partition coefficient (Wildman–Crippen LogP) is 3.63. The van der Waals surface area contributed by atoms with E-state index in [9.17, 15) is 14.9 Å². The van der Waals surface area contributed by atoms with E-state index in [1.54, 1.807) is 38.1 Å². The zero-order valence-electron chi connectivity index (χ0n) is 19.3. The first-order valence-corrected chi connectivity index (χ1v) is 10.9. The van der Waals surface area contributed by atoms with Crippen LogP contribution in [-0.4, -0.2) is 46.8 Å². The highest BCUT2D eigenvalue weighted by atomic mass is 16.6. The van der Waals surface area contributed by atoms with Crippen LogP contribution in [0.3, 0.4) is 0 Å². The third-order valence-electron chi connectivity index (χ3n) is 6.44. The largest absolute Gasteiger partial charge is 0.493 e. The number of methoxy groups -OCH3 is 3. The number of nitrogens with zero attached hydrogens (tertiary/aromatic N) is 4. The van der Waals surface area contributed by atoms with Crippen molar-refractivity contribution in [3.63, 3.8) is 0 Å². The summed E-state index contributed by atoms with van der Waals surface area (Å²) in [5, 5.41) is 18.7. The maximum Gasteiger partial charge on any atom is 0.269 e. The van der Waals surface area contributed by atoms with Crippen LogP contribution in [0.4, 0.5) is 11.6 Å². The minimum Gasteiger partial charge on any atom is -0.493 e. The highest BCUT2D eigenvalue weighted by Gasteiger charge is 2.39. The number of nitro benzene ring substituents is 1. The van der Waals surface area contributed by atoms with E-state index >= 15 is 0 Å². The van der Waals surface area contributed by atoms with E-state index in [4.69, 9.17) is 14.2 Å². The van der Waals surface area contributed by atoms with Crippen molar-refractivity contribution >= 4 is 17.4 Å². The second kappa shape index (κ2) is 8.75. The van der Waals surface area contributed by atoms with Crippen LogP contribution >= 0.6 is 0 Å². The molecule has 1 aliphatic carbocycles. The van der Waals surface area contributed by atoms with Gasteiger partial charge in [-0.05, 0) is 47.7 Å². The molecule has 0 radical (unpaired) electrons. The van der Waals surface area contributed by atoms with Crippen molar-refractivity contribution in [1.82, 2.24) is 14.8 Å². The van der Waals surface area contributed by atoms with Gasteiger partial charge in [0.15, 0.2) is 17.3 Å². The van der Waals surface area contributed by atoms with Crippen LogP contribution in [0.15, 0.2) is 54.0 Å². The number of carbonyl (C=O) groups is 1. The van der Waals surface area contributed by atoms with Crippen molar-refractivity contribution in [3.05, 3.63) is 75.2 Å². The van der Waals surface area contributed by atoms with Gasteiger partial charge < -0.3 is 19.5 Å². The molecule has 1 N–H and O–H groups in total. The number of fused-ring (bicyclic) bond motifs is 1. The fourth-order valence-electron chi connectivity index (χ4n) is 4.81. The van der Waals surface area contributed by atoms with E-state index in [-0.39, 0.29) is 23.8 Å². The fraction of sp³-hybridized carbons (Fsp3) is 0.292. The zero-order valence-corrected chi connectivity index (χ0v) is 19.3. The van der Waals surface area contributed by atoms with Crippen LogP contribution in [0.25, 0.3) is 0 Å². The summed E-state index contributed by atoms with van der Waals surface area (Å²) in [6, 6.07) is 9.37. The van der Waals surface area contributed by atoms with Gasteiger partial charge in [-0.15, -0.1) is 0 Å². The normalized spacial score (nSPS) is 18.9. The molecule has 0 unspecified atom stereocenters. The second-order valence-electron chi connectivity index (χ2n) is 8.28. The molecular formula is C24H23N5O6.